The number of carbonyl (C=O) groups excluding carboxylic acids is 2. The number of halogens is 2. The van der Waals surface area contributed by atoms with Crippen LogP contribution in [0.3, 0.4) is 0 Å². The van der Waals surface area contributed by atoms with E-state index in [1.165, 1.54) is 12.3 Å². The van der Waals surface area contributed by atoms with E-state index in [1.807, 2.05) is 0 Å². The maximum absolute atomic E-state index is 12.4. The number of aromatic nitrogens is 1. The number of urea groups is 1. The van der Waals surface area contributed by atoms with Gasteiger partial charge in [0.05, 0.1) is 21.7 Å². The lowest BCUT2D eigenvalue weighted by Crippen LogP contribution is -2.48. The highest BCUT2D eigenvalue weighted by molar-refractivity contribution is 6.40. The lowest BCUT2D eigenvalue weighted by molar-refractivity contribution is 0.0671. The van der Waals surface area contributed by atoms with Crippen LogP contribution in [0.4, 0.5) is 16.3 Å². The lowest BCUT2D eigenvalue weighted by atomic mass is 9.90. The minimum atomic E-state index is -0.467. The van der Waals surface area contributed by atoms with Crippen LogP contribution in [0.2, 0.25) is 10.0 Å². The summed E-state index contributed by atoms with van der Waals surface area (Å²) in [6, 6.07) is 7.41. The van der Waals surface area contributed by atoms with Crippen LogP contribution in [0.5, 0.6) is 0 Å². The van der Waals surface area contributed by atoms with Gasteiger partial charge in [0.1, 0.15) is 5.82 Å². The number of nitrogens with one attached hydrogen (secondary N) is 3. The monoisotopic (exact) mass is 394 g/mol. The van der Waals surface area contributed by atoms with Gasteiger partial charge in [0.2, 0.25) is 0 Å². The molecule has 26 heavy (non-hydrogen) atoms. The first-order valence-corrected chi connectivity index (χ1v) is 8.65. The molecule has 3 rings (SSSR count). The third-order valence-corrected chi connectivity index (χ3v) is 4.53. The number of aliphatic hydroxyl groups is 1. The van der Waals surface area contributed by atoms with Gasteiger partial charge < -0.3 is 15.7 Å². The molecule has 1 aromatic carbocycles. The van der Waals surface area contributed by atoms with Crippen molar-refractivity contribution in [2.75, 3.05) is 10.6 Å². The Bertz CT molecular complexity index is 820. The van der Waals surface area contributed by atoms with E-state index in [0.29, 0.717) is 18.5 Å². The largest absolute Gasteiger partial charge is 0.393 e. The van der Waals surface area contributed by atoms with Crippen molar-refractivity contribution in [3.05, 3.63) is 52.1 Å². The van der Waals surface area contributed by atoms with Crippen LogP contribution < -0.4 is 16.0 Å². The summed E-state index contributed by atoms with van der Waals surface area (Å²) in [4.78, 5) is 28.3. The molecule has 7 nitrogen and oxygen atoms in total. The first kappa shape index (κ1) is 18.4. The molecule has 1 saturated carbocycles. The summed E-state index contributed by atoms with van der Waals surface area (Å²) >= 11 is 12.1. The first-order chi connectivity index (χ1) is 12.4. The van der Waals surface area contributed by atoms with E-state index in [4.69, 9.17) is 23.2 Å². The minimum Gasteiger partial charge on any atom is -0.393 e. The zero-order valence-corrected chi connectivity index (χ0v) is 15.0. The molecule has 0 saturated heterocycles. The molecule has 9 heteroatoms. The third-order valence-electron chi connectivity index (χ3n) is 3.90. The predicted molar refractivity (Wildman–Crippen MR) is 99.8 cm³/mol. The molecule has 1 aliphatic rings. The number of carbonyl (C=O) groups is 2. The summed E-state index contributed by atoms with van der Waals surface area (Å²) in [5, 5.41) is 17.7. The molecule has 0 unspecified atom stereocenters. The second kappa shape index (κ2) is 7.90. The second-order valence-corrected chi connectivity index (χ2v) is 6.72. The Morgan fingerprint density at radius 2 is 1.81 bits per heavy atom. The maximum atomic E-state index is 12.4. The standard InChI is InChI=1S/C17H16Cl2N4O3/c18-12-2-1-3-13(19)15(12)16(25)21-9-4-5-20-14(8-9)23-17(26)22-10-6-11(24)7-10/h1-5,8,10-11,24H,6-7H2,(H3,20,21,22,23,25,26). The van der Waals surface area contributed by atoms with Gasteiger partial charge in [0.25, 0.3) is 5.91 Å². The number of amides is 3. The van der Waals surface area contributed by atoms with Crippen LogP contribution in [0.25, 0.3) is 0 Å². The van der Waals surface area contributed by atoms with Crippen LogP contribution in [-0.2, 0) is 0 Å². The van der Waals surface area contributed by atoms with E-state index in [0.717, 1.165) is 0 Å². The van der Waals surface area contributed by atoms with E-state index >= 15 is 0 Å². The topological polar surface area (TPSA) is 103 Å². The van der Waals surface area contributed by atoms with Gasteiger partial charge in [-0.3, -0.25) is 10.1 Å². The average Bonchev–Trinajstić information content (AvgIpc) is 2.53. The van der Waals surface area contributed by atoms with Crippen LogP contribution in [0.1, 0.15) is 23.2 Å². The van der Waals surface area contributed by atoms with Gasteiger partial charge in [-0.2, -0.15) is 0 Å². The summed E-state index contributed by atoms with van der Waals surface area (Å²) in [5.74, 6) is -0.198. The Morgan fingerprint density at radius 3 is 2.46 bits per heavy atom. The van der Waals surface area contributed by atoms with Gasteiger partial charge in [-0.1, -0.05) is 29.3 Å². The molecular formula is C17H16Cl2N4O3. The fourth-order valence-corrected chi connectivity index (χ4v) is 3.10. The minimum absolute atomic E-state index is 0.0461. The highest BCUT2D eigenvalue weighted by Gasteiger charge is 2.28. The summed E-state index contributed by atoms with van der Waals surface area (Å²) in [5.41, 5.74) is 0.596. The van der Waals surface area contributed by atoms with Crippen molar-refractivity contribution in [1.82, 2.24) is 10.3 Å². The van der Waals surface area contributed by atoms with Crippen molar-refractivity contribution in [3.8, 4) is 0 Å². The molecule has 1 aliphatic carbocycles. The summed E-state index contributed by atoms with van der Waals surface area (Å²) in [7, 11) is 0. The van der Waals surface area contributed by atoms with E-state index < -0.39 is 11.9 Å². The van der Waals surface area contributed by atoms with Gasteiger partial charge in [-0.25, -0.2) is 9.78 Å². The molecule has 0 atom stereocenters. The fourth-order valence-electron chi connectivity index (χ4n) is 2.53. The van der Waals surface area contributed by atoms with Gasteiger partial charge >= 0.3 is 6.03 Å². The Labute approximate surface area is 159 Å². The predicted octanol–water partition coefficient (Wildman–Crippen LogP) is 3.29. The van der Waals surface area contributed by atoms with E-state index in [9.17, 15) is 14.7 Å². The number of anilines is 2. The number of aliphatic hydroxyl groups excluding tert-OH is 1. The van der Waals surface area contributed by atoms with Crippen LogP contribution >= 0.6 is 23.2 Å². The van der Waals surface area contributed by atoms with Crippen molar-refractivity contribution in [3.63, 3.8) is 0 Å². The lowest BCUT2D eigenvalue weighted by Gasteiger charge is -2.31. The highest BCUT2D eigenvalue weighted by atomic mass is 35.5. The Kier molecular flexibility index (Phi) is 5.61. The number of hydrogen-bond acceptors (Lipinski definition) is 4. The molecular weight excluding hydrogens is 379 g/mol. The quantitative estimate of drug-likeness (QED) is 0.638. The van der Waals surface area contributed by atoms with Crippen molar-refractivity contribution >= 4 is 46.6 Å². The van der Waals surface area contributed by atoms with Crippen molar-refractivity contribution < 1.29 is 14.7 Å². The number of pyridine rings is 1. The smallest absolute Gasteiger partial charge is 0.320 e. The van der Waals surface area contributed by atoms with Crippen LogP contribution in [0, 0.1) is 0 Å². The van der Waals surface area contributed by atoms with Crippen molar-refractivity contribution in [1.29, 1.82) is 0 Å². The summed E-state index contributed by atoms with van der Waals surface area (Å²) in [6.07, 6.45) is 2.17. The van der Waals surface area contributed by atoms with Crippen molar-refractivity contribution in [2.24, 2.45) is 0 Å². The zero-order chi connectivity index (χ0) is 18.7. The molecule has 136 valence electrons. The van der Waals surface area contributed by atoms with Gasteiger partial charge in [0.15, 0.2) is 0 Å². The average molecular weight is 395 g/mol. The van der Waals surface area contributed by atoms with E-state index in [1.54, 1.807) is 24.3 Å². The molecule has 0 spiro atoms. The molecule has 1 fully saturated rings. The fraction of sp³-hybridized carbons (Fsp3) is 0.235. The number of benzene rings is 1. The zero-order valence-electron chi connectivity index (χ0n) is 13.5. The number of nitrogens with zero attached hydrogens (tertiary/aromatic N) is 1. The van der Waals surface area contributed by atoms with E-state index in [2.05, 4.69) is 20.9 Å². The molecule has 1 heterocycles. The van der Waals surface area contributed by atoms with Crippen LogP contribution in [-0.4, -0.2) is 34.2 Å². The molecule has 0 radical (unpaired) electrons. The maximum Gasteiger partial charge on any atom is 0.320 e. The van der Waals surface area contributed by atoms with Gasteiger partial charge in [-0.15, -0.1) is 0 Å². The highest BCUT2D eigenvalue weighted by Crippen LogP contribution is 2.25. The van der Waals surface area contributed by atoms with Crippen LogP contribution in [0.15, 0.2) is 36.5 Å². The van der Waals surface area contributed by atoms with E-state index in [-0.39, 0.29) is 33.6 Å². The molecule has 2 aromatic rings. The van der Waals surface area contributed by atoms with Crippen molar-refractivity contribution in [2.45, 2.75) is 25.0 Å². The molecule has 3 amide bonds. The summed E-state index contributed by atoms with van der Waals surface area (Å²) < 4.78 is 0. The SMILES string of the molecule is O=C(Nc1cc(NC(=O)c2c(Cl)cccc2Cl)ccn1)NC1CC(O)C1. The Balaban J connectivity index is 1.63. The number of hydrogen-bond donors (Lipinski definition) is 4. The van der Waals surface area contributed by atoms with Gasteiger partial charge in [0, 0.05) is 24.0 Å². The third kappa shape index (κ3) is 4.43. The van der Waals surface area contributed by atoms with Gasteiger partial charge in [-0.05, 0) is 31.0 Å². The molecule has 0 aliphatic heterocycles. The Morgan fingerprint density at radius 1 is 1.12 bits per heavy atom. The Hall–Kier alpha value is -2.35. The second-order valence-electron chi connectivity index (χ2n) is 5.90. The molecule has 4 N–H and O–H groups in total. The number of rotatable bonds is 4. The first-order valence-electron chi connectivity index (χ1n) is 7.89. The normalized spacial score (nSPS) is 18.6. The molecule has 1 aromatic heterocycles. The summed E-state index contributed by atoms with van der Waals surface area (Å²) in [6.45, 7) is 0. The molecule has 0 bridgehead atoms.